The zero-order valence-electron chi connectivity index (χ0n) is 19.4. The van der Waals surface area contributed by atoms with Gasteiger partial charge in [0.1, 0.15) is 17.3 Å². The molecule has 1 heterocycles. The number of hydrogen-bond acceptors (Lipinski definition) is 7. The first-order valence-electron chi connectivity index (χ1n) is 10.8. The van der Waals surface area contributed by atoms with Crippen molar-refractivity contribution in [2.45, 2.75) is 12.5 Å². The number of rotatable bonds is 6. The topological polar surface area (TPSA) is 113 Å². The molecule has 184 valence electrons. The predicted octanol–water partition coefficient (Wildman–Crippen LogP) is 4.40. The standard InChI is InChI=1S/C27H22ClNO7/c1-35-21-12-7-17(28)14-20(21)25(32)23-24(16-5-10-19(30)11-6-16)29(27(34)26(23)33)18-8-3-15(4-9-18)13-22(31)36-2/h3-12,14,24,30,32H,13H2,1-2H3/b25-23+. The quantitative estimate of drug-likeness (QED) is 0.220. The minimum atomic E-state index is -1.01. The van der Waals surface area contributed by atoms with Crippen molar-refractivity contribution in [2.75, 3.05) is 19.1 Å². The Kier molecular flexibility index (Phi) is 6.98. The number of ketones is 1. The number of ether oxygens (including phenoxy) is 2. The summed E-state index contributed by atoms with van der Waals surface area (Å²) in [5.74, 6) is -2.35. The van der Waals surface area contributed by atoms with Gasteiger partial charge in [-0.2, -0.15) is 0 Å². The van der Waals surface area contributed by atoms with E-state index in [2.05, 4.69) is 4.74 Å². The van der Waals surface area contributed by atoms with E-state index in [-0.39, 0.29) is 29.1 Å². The number of esters is 1. The van der Waals surface area contributed by atoms with Gasteiger partial charge in [0, 0.05) is 10.7 Å². The molecule has 1 saturated heterocycles. The molecule has 0 spiro atoms. The molecule has 8 nitrogen and oxygen atoms in total. The first-order chi connectivity index (χ1) is 17.2. The molecule has 1 fully saturated rings. The largest absolute Gasteiger partial charge is 0.508 e. The number of aliphatic hydroxyl groups is 1. The van der Waals surface area contributed by atoms with Crippen molar-refractivity contribution in [1.82, 2.24) is 0 Å². The van der Waals surface area contributed by atoms with Crippen molar-refractivity contribution in [3.05, 3.63) is 94.0 Å². The molecular weight excluding hydrogens is 486 g/mol. The first-order valence-corrected chi connectivity index (χ1v) is 11.2. The highest BCUT2D eigenvalue weighted by atomic mass is 35.5. The van der Waals surface area contributed by atoms with Gasteiger partial charge in [-0.05, 0) is 53.6 Å². The van der Waals surface area contributed by atoms with Gasteiger partial charge >= 0.3 is 5.97 Å². The smallest absolute Gasteiger partial charge is 0.309 e. The molecule has 0 aliphatic carbocycles. The fourth-order valence-corrected chi connectivity index (χ4v) is 4.27. The third-order valence-corrected chi connectivity index (χ3v) is 6.10. The molecule has 1 atom stereocenters. The van der Waals surface area contributed by atoms with Crippen LogP contribution in [0.2, 0.25) is 5.02 Å². The lowest BCUT2D eigenvalue weighted by Gasteiger charge is -2.26. The van der Waals surface area contributed by atoms with Crippen molar-refractivity contribution in [2.24, 2.45) is 0 Å². The van der Waals surface area contributed by atoms with E-state index in [0.717, 1.165) is 0 Å². The summed E-state index contributed by atoms with van der Waals surface area (Å²) in [6.45, 7) is 0. The van der Waals surface area contributed by atoms with Crippen LogP contribution in [0.15, 0.2) is 72.3 Å². The Morgan fingerprint density at radius 1 is 1.00 bits per heavy atom. The van der Waals surface area contributed by atoms with E-state index >= 15 is 0 Å². The molecule has 9 heteroatoms. The van der Waals surface area contributed by atoms with Gasteiger partial charge in [0.05, 0.1) is 37.8 Å². The fourth-order valence-electron chi connectivity index (χ4n) is 4.09. The summed E-state index contributed by atoms with van der Waals surface area (Å²) >= 11 is 6.13. The van der Waals surface area contributed by atoms with Crippen LogP contribution in [0.25, 0.3) is 5.76 Å². The van der Waals surface area contributed by atoms with E-state index in [9.17, 15) is 24.6 Å². The molecule has 0 radical (unpaired) electrons. The molecule has 2 N–H and O–H groups in total. The van der Waals surface area contributed by atoms with Gasteiger partial charge in [0.25, 0.3) is 11.7 Å². The van der Waals surface area contributed by atoms with Crippen molar-refractivity contribution in [3.8, 4) is 11.5 Å². The molecular formula is C27H22ClNO7. The van der Waals surface area contributed by atoms with Gasteiger partial charge in [-0.25, -0.2) is 0 Å². The third-order valence-electron chi connectivity index (χ3n) is 5.86. The van der Waals surface area contributed by atoms with E-state index in [1.54, 1.807) is 48.5 Å². The van der Waals surface area contributed by atoms with Gasteiger partial charge in [0.15, 0.2) is 0 Å². The lowest BCUT2D eigenvalue weighted by Crippen LogP contribution is -2.29. The normalized spacial score (nSPS) is 16.8. The number of methoxy groups -OCH3 is 2. The maximum atomic E-state index is 13.3. The molecule has 0 saturated carbocycles. The number of phenols is 1. The second-order valence-electron chi connectivity index (χ2n) is 8.02. The van der Waals surface area contributed by atoms with Crippen LogP contribution < -0.4 is 9.64 Å². The average molecular weight is 508 g/mol. The Balaban J connectivity index is 1.88. The number of carbonyl (C=O) groups is 3. The molecule has 1 aliphatic heterocycles. The Morgan fingerprint density at radius 3 is 2.28 bits per heavy atom. The zero-order valence-corrected chi connectivity index (χ0v) is 20.2. The van der Waals surface area contributed by atoms with Gasteiger partial charge in [-0.15, -0.1) is 0 Å². The van der Waals surface area contributed by atoms with Crippen LogP contribution in [0, 0.1) is 0 Å². The molecule has 3 aromatic rings. The second kappa shape index (κ2) is 10.1. The number of aliphatic hydroxyl groups excluding tert-OH is 1. The number of hydrogen-bond donors (Lipinski definition) is 2. The highest BCUT2D eigenvalue weighted by Gasteiger charge is 2.47. The van der Waals surface area contributed by atoms with Gasteiger partial charge in [-0.1, -0.05) is 35.9 Å². The van der Waals surface area contributed by atoms with Crippen LogP contribution in [0.3, 0.4) is 0 Å². The van der Waals surface area contributed by atoms with Crippen molar-refractivity contribution < 1.29 is 34.1 Å². The maximum absolute atomic E-state index is 13.3. The number of anilines is 1. The lowest BCUT2D eigenvalue weighted by atomic mass is 9.94. The van der Waals surface area contributed by atoms with Gasteiger partial charge < -0.3 is 19.7 Å². The number of nitrogens with zero attached hydrogens (tertiary/aromatic N) is 1. The number of Topliss-reactive ketones (excluding diaryl/α,β-unsaturated/α-hetero) is 1. The predicted molar refractivity (Wildman–Crippen MR) is 133 cm³/mol. The van der Waals surface area contributed by atoms with E-state index in [4.69, 9.17) is 16.3 Å². The minimum Gasteiger partial charge on any atom is -0.508 e. The second-order valence-corrected chi connectivity index (χ2v) is 8.46. The van der Waals surface area contributed by atoms with Crippen molar-refractivity contribution >= 4 is 40.7 Å². The van der Waals surface area contributed by atoms with Crippen LogP contribution in [0.4, 0.5) is 5.69 Å². The molecule has 0 aromatic heterocycles. The van der Waals surface area contributed by atoms with Crippen LogP contribution >= 0.6 is 11.6 Å². The lowest BCUT2D eigenvalue weighted by molar-refractivity contribution is -0.139. The minimum absolute atomic E-state index is 0.000579. The van der Waals surface area contributed by atoms with Crippen LogP contribution in [-0.2, 0) is 25.5 Å². The van der Waals surface area contributed by atoms with Crippen molar-refractivity contribution in [3.63, 3.8) is 0 Å². The summed E-state index contributed by atoms with van der Waals surface area (Å²) in [7, 11) is 2.70. The number of aromatic hydroxyl groups is 1. The summed E-state index contributed by atoms with van der Waals surface area (Å²) in [5.41, 5.74) is 1.51. The van der Waals surface area contributed by atoms with E-state index in [1.165, 1.54) is 37.3 Å². The Labute approximate surface area is 211 Å². The van der Waals surface area contributed by atoms with Crippen LogP contribution in [-0.4, -0.2) is 42.1 Å². The number of phenolic OH excluding ortho intramolecular Hbond substituents is 1. The average Bonchev–Trinajstić information content (AvgIpc) is 3.14. The molecule has 0 bridgehead atoms. The number of carbonyl (C=O) groups excluding carboxylic acids is 3. The van der Waals surface area contributed by atoms with Crippen LogP contribution in [0.1, 0.15) is 22.7 Å². The van der Waals surface area contributed by atoms with E-state index < -0.39 is 29.5 Å². The first kappa shape index (κ1) is 24.8. The van der Waals surface area contributed by atoms with E-state index in [0.29, 0.717) is 21.8 Å². The summed E-state index contributed by atoms with van der Waals surface area (Å²) in [6.07, 6.45) is 0.0472. The molecule has 1 aliphatic rings. The van der Waals surface area contributed by atoms with Gasteiger partial charge in [-0.3, -0.25) is 19.3 Å². The number of halogens is 1. The monoisotopic (exact) mass is 507 g/mol. The molecule has 3 aromatic carbocycles. The molecule has 36 heavy (non-hydrogen) atoms. The highest BCUT2D eigenvalue weighted by Crippen LogP contribution is 2.43. The molecule has 1 amide bonds. The maximum Gasteiger partial charge on any atom is 0.309 e. The van der Waals surface area contributed by atoms with Gasteiger partial charge in [0.2, 0.25) is 0 Å². The summed E-state index contributed by atoms with van der Waals surface area (Å²) in [4.78, 5) is 39.4. The molecule has 4 rings (SSSR count). The Hall–Kier alpha value is -4.30. The fraction of sp³-hybridized carbons (Fsp3) is 0.148. The summed E-state index contributed by atoms with van der Waals surface area (Å²) < 4.78 is 10.0. The van der Waals surface area contributed by atoms with Crippen LogP contribution in [0.5, 0.6) is 11.5 Å². The Bertz CT molecular complexity index is 1360. The molecule has 1 unspecified atom stereocenters. The zero-order chi connectivity index (χ0) is 26.0. The third kappa shape index (κ3) is 4.63. The number of benzene rings is 3. The highest BCUT2D eigenvalue weighted by molar-refractivity contribution is 6.51. The summed E-state index contributed by atoms with van der Waals surface area (Å²) in [5, 5.41) is 21.4. The van der Waals surface area contributed by atoms with E-state index in [1.807, 2.05) is 0 Å². The number of amides is 1. The Morgan fingerprint density at radius 2 is 1.67 bits per heavy atom. The van der Waals surface area contributed by atoms with Crippen molar-refractivity contribution in [1.29, 1.82) is 0 Å². The SMILES string of the molecule is COC(=O)Cc1ccc(N2C(=O)C(=O)/C(=C(/O)c3cc(Cl)ccc3OC)C2c2ccc(O)cc2)cc1. The summed E-state index contributed by atoms with van der Waals surface area (Å²) in [6, 6.07) is 16.0.